The van der Waals surface area contributed by atoms with Crippen molar-refractivity contribution in [3.05, 3.63) is 33.8 Å². The third-order valence-electron chi connectivity index (χ3n) is 3.10. The van der Waals surface area contributed by atoms with E-state index in [-0.39, 0.29) is 18.4 Å². The highest BCUT2D eigenvalue weighted by Crippen LogP contribution is 2.31. The van der Waals surface area contributed by atoms with Crippen LogP contribution in [0.4, 0.5) is 0 Å². The fraction of sp³-hybridized carbons (Fsp3) is 0.500. The Morgan fingerprint density at radius 3 is 2.41 bits per heavy atom. The molecule has 0 saturated carbocycles. The van der Waals surface area contributed by atoms with Gasteiger partial charge in [-0.15, -0.1) is 12.4 Å². The smallest absolute Gasteiger partial charge is 0.0595 e. The molecule has 1 fully saturated rings. The SMILES string of the molecule is Cl.N[C@@H](c1ccc(Cl)c(Cl)c1)C1CCOCC1. The van der Waals surface area contributed by atoms with Gasteiger partial charge in [-0.3, -0.25) is 0 Å². The highest BCUT2D eigenvalue weighted by molar-refractivity contribution is 6.42. The molecule has 2 rings (SSSR count). The van der Waals surface area contributed by atoms with Gasteiger partial charge in [0.1, 0.15) is 0 Å². The molecule has 2 nitrogen and oxygen atoms in total. The van der Waals surface area contributed by atoms with Crippen LogP contribution in [-0.4, -0.2) is 13.2 Å². The van der Waals surface area contributed by atoms with E-state index in [2.05, 4.69) is 0 Å². The van der Waals surface area contributed by atoms with E-state index in [9.17, 15) is 0 Å². The third-order valence-corrected chi connectivity index (χ3v) is 3.84. The van der Waals surface area contributed by atoms with Gasteiger partial charge in [0.25, 0.3) is 0 Å². The first-order chi connectivity index (χ1) is 7.68. The minimum atomic E-state index is 0. The monoisotopic (exact) mass is 295 g/mol. The molecule has 96 valence electrons. The molecule has 1 atom stereocenters. The van der Waals surface area contributed by atoms with Crippen LogP contribution in [0.5, 0.6) is 0 Å². The Hall–Kier alpha value is 0.01000. The summed E-state index contributed by atoms with van der Waals surface area (Å²) in [6.07, 6.45) is 2.03. The maximum atomic E-state index is 6.23. The van der Waals surface area contributed by atoms with Crippen molar-refractivity contribution < 1.29 is 4.74 Å². The Kier molecular flexibility index (Phi) is 6.04. The molecule has 5 heteroatoms. The number of halogens is 3. The van der Waals surface area contributed by atoms with E-state index >= 15 is 0 Å². The quantitative estimate of drug-likeness (QED) is 0.900. The molecule has 0 amide bonds. The van der Waals surface area contributed by atoms with E-state index in [1.54, 1.807) is 6.07 Å². The lowest BCUT2D eigenvalue weighted by atomic mass is 9.88. The summed E-state index contributed by atoms with van der Waals surface area (Å²) in [5, 5.41) is 1.14. The Labute approximate surface area is 118 Å². The zero-order valence-electron chi connectivity index (χ0n) is 9.36. The molecule has 0 bridgehead atoms. The van der Waals surface area contributed by atoms with Gasteiger partial charge >= 0.3 is 0 Å². The van der Waals surface area contributed by atoms with Crippen molar-refractivity contribution >= 4 is 35.6 Å². The van der Waals surface area contributed by atoms with Gasteiger partial charge in [-0.1, -0.05) is 29.3 Å². The Morgan fingerprint density at radius 1 is 1.18 bits per heavy atom. The molecule has 0 unspecified atom stereocenters. The first-order valence-corrected chi connectivity index (χ1v) is 6.22. The van der Waals surface area contributed by atoms with Crippen LogP contribution in [0.1, 0.15) is 24.4 Å². The number of hydrogen-bond acceptors (Lipinski definition) is 2. The normalized spacial score (nSPS) is 18.5. The molecule has 1 aromatic carbocycles. The number of hydrogen-bond donors (Lipinski definition) is 1. The minimum absolute atomic E-state index is 0. The van der Waals surface area contributed by atoms with Crippen LogP contribution >= 0.6 is 35.6 Å². The molecule has 1 aliphatic heterocycles. The predicted octanol–water partition coefficient (Wildman–Crippen LogP) is 3.84. The second-order valence-corrected chi connectivity index (χ2v) is 4.96. The summed E-state index contributed by atoms with van der Waals surface area (Å²) in [4.78, 5) is 0. The molecular weight excluding hydrogens is 280 g/mol. The summed E-state index contributed by atoms with van der Waals surface area (Å²) in [5.41, 5.74) is 7.29. The fourth-order valence-electron chi connectivity index (χ4n) is 2.07. The molecule has 2 N–H and O–H groups in total. The largest absolute Gasteiger partial charge is 0.381 e. The van der Waals surface area contributed by atoms with Gasteiger partial charge in [-0.25, -0.2) is 0 Å². The second kappa shape index (κ2) is 6.81. The van der Waals surface area contributed by atoms with E-state index < -0.39 is 0 Å². The van der Waals surface area contributed by atoms with Crippen LogP contribution in [0.3, 0.4) is 0 Å². The highest BCUT2D eigenvalue weighted by Gasteiger charge is 2.22. The molecule has 1 aromatic rings. The van der Waals surface area contributed by atoms with E-state index in [4.69, 9.17) is 33.7 Å². The maximum absolute atomic E-state index is 6.23. The van der Waals surface area contributed by atoms with Crippen LogP contribution in [0.2, 0.25) is 10.0 Å². The molecule has 0 aromatic heterocycles. The minimum Gasteiger partial charge on any atom is -0.381 e. The Bertz CT molecular complexity index is 367. The summed E-state index contributed by atoms with van der Waals surface area (Å²) in [6, 6.07) is 5.65. The predicted molar refractivity (Wildman–Crippen MR) is 74.2 cm³/mol. The van der Waals surface area contributed by atoms with E-state index in [1.165, 1.54) is 0 Å². The van der Waals surface area contributed by atoms with Crippen LogP contribution in [-0.2, 0) is 4.74 Å². The lowest BCUT2D eigenvalue weighted by molar-refractivity contribution is 0.0584. The van der Waals surface area contributed by atoms with Gasteiger partial charge in [-0.2, -0.15) is 0 Å². The zero-order chi connectivity index (χ0) is 11.5. The van der Waals surface area contributed by atoms with Gasteiger partial charge in [0.15, 0.2) is 0 Å². The molecule has 1 aliphatic rings. The van der Waals surface area contributed by atoms with Crippen molar-refractivity contribution in [3.8, 4) is 0 Å². The van der Waals surface area contributed by atoms with Crippen LogP contribution < -0.4 is 5.73 Å². The number of nitrogens with two attached hydrogens (primary N) is 1. The van der Waals surface area contributed by atoms with Gasteiger partial charge in [0.05, 0.1) is 10.0 Å². The summed E-state index contributed by atoms with van der Waals surface area (Å²) >= 11 is 11.9. The standard InChI is InChI=1S/C12H15Cl2NO.ClH/c13-10-2-1-9(7-11(10)14)12(15)8-3-5-16-6-4-8;/h1-2,7-8,12H,3-6,15H2;1H/t12-;/m1./s1. The molecule has 1 saturated heterocycles. The number of rotatable bonds is 2. The van der Waals surface area contributed by atoms with Gasteiger partial charge in [0, 0.05) is 19.3 Å². The second-order valence-electron chi connectivity index (χ2n) is 4.15. The van der Waals surface area contributed by atoms with Crippen LogP contribution in [0.25, 0.3) is 0 Å². The summed E-state index contributed by atoms with van der Waals surface area (Å²) < 4.78 is 5.33. The highest BCUT2D eigenvalue weighted by atomic mass is 35.5. The number of benzene rings is 1. The Balaban J connectivity index is 0.00000144. The summed E-state index contributed by atoms with van der Waals surface area (Å²) in [6.45, 7) is 1.61. The lowest BCUT2D eigenvalue weighted by Gasteiger charge is -2.28. The van der Waals surface area contributed by atoms with Gasteiger partial charge in [0.2, 0.25) is 0 Å². The fourth-order valence-corrected chi connectivity index (χ4v) is 2.37. The molecule has 0 radical (unpaired) electrons. The van der Waals surface area contributed by atoms with Gasteiger partial charge in [-0.05, 0) is 36.5 Å². The third kappa shape index (κ3) is 3.73. The van der Waals surface area contributed by atoms with E-state index in [0.29, 0.717) is 16.0 Å². The van der Waals surface area contributed by atoms with Crippen molar-refractivity contribution in [3.63, 3.8) is 0 Å². The molecule has 0 spiro atoms. The molecule has 0 aliphatic carbocycles. The average molecular weight is 297 g/mol. The van der Waals surface area contributed by atoms with Crippen LogP contribution in [0, 0.1) is 5.92 Å². The van der Waals surface area contributed by atoms with Crippen molar-refractivity contribution in [1.29, 1.82) is 0 Å². The summed E-state index contributed by atoms with van der Waals surface area (Å²) in [7, 11) is 0. The molecular formula is C12H16Cl3NO. The van der Waals surface area contributed by atoms with Crippen molar-refractivity contribution in [2.45, 2.75) is 18.9 Å². The number of ether oxygens (including phenoxy) is 1. The first-order valence-electron chi connectivity index (χ1n) is 5.47. The average Bonchev–Trinajstić information content (AvgIpc) is 2.33. The first kappa shape index (κ1) is 15.1. The zero-order valence-corrected chi connectivity index (χ0v) is 11.7. The van der Waals surface area contributed by atoms with E-state index in [0.717, 1.165) is 31.6 Å². The molecule has 1 heterocycles. The summed E-state index contributed by atoms with van der Waals surface area (Å²) in [5.74, 6) is 0.478. The molecule has 17 heavy (non-hydrogen) atoms. The van der Waals surface area contributed by atoms with Crippen molar-refractivity contribution in [2.75, 3.05) is 13.2 Å². The topological polar surface area (TPSA) is 35.2 Å². The van der Waals surface area contributed by atoms with Crippen LogP contribution in [0.15, 0.2) is 18.2 Å². The maximum Gasteiger partial charge on any atom is 0.0595 e. The van der Waals surface area contributed by atoms with E-state index in [1.807, 2.05) is 12.1 Å². The van der Waals surface area contributed by atoms with Crippen molar-refractivity contribution in [1.82, 2.24) is 0 Å². The lowest BCUT2D eigenvalue weighted by Crippen LogP contribution is -2.27. The van der Waals surface area contributed by atoms with Gasteiger partial charge < -0.3 is 10.5 Å². The van der Waals surface area contributed by atoms with Crippen molar-refractivity contribution in [2.24, 2.45) is 11.7 Å². The Morgan fingerprint density at radius 2 is 1.82 bits per heavy atom.